The van der Waals surface area contributed by atoms with E-state index in [0.29, 0.717) is 10.7 Å². The maximum Gasteiger partial charge on any atom is 0.206 e. The molecule has 0 saturated heterocycles. The molecule has 0 saturated carbocycles. The third-order valence-electron chi connectivity index (χ3n) is 5.05. The molecule has 0 aliphatic rings. The molecular weight excluding hydrogens is 406 g/mol. The van der Waals surface area contributed by atoms with Gasteiger partial charge in [-0.1, -0.05) is 29.3 Å². The van der Waals surface area contributed by atoms with E-state index >= 15 is 0 Å². The minimum absolute atomic E-state index is 0.238. The van der Waals surface area contributed by atoms with E-state index in [-0.39, 0.29) is 9.79 Å². The van der Waals surface area contributed by atoms with Crippen molar-refractivity contribution in [2.75, 3.05) is 0 Å². The molecule has 29 heavy (non-hydrogen) atoms. The summed E-state index contributed by atoms with van der Waals surface area (Å²) in [5.41, 5.74) is 4.95. The monoisotopic (exact) mass is 425 g/mol. The zero-order chi connectivity index (χ0) is 20.9. The number of hydrogen-bond acceptors (Lipinski definition) is 4. The fraction of sp³-hybridized carbons (Fsp3) is 0.182. The van der Waals surface area contributed by atoms with E-state index in [2.05, 4.69) is 10.1 Å². The molecule has 0 amide bonds. The van der Waals surface area contributed by atoms with Crippen LogP contribution in [0.3, 0.4) is 0 Å². The van der Waals surface area contributed by atoms with Gasteiger partial charge in [0.05, 0.1) is 31.9 Å². The topological polar surface area (TPSA) is 64.8 Å². The minimum atomic E-state index is -3.57. The zero-order valence-electron chi connectivity index (χ0n) is 16.6. The molecule has 0 N–H and O–H groups in total. The van der Waals surface area contributed by atoms with Crippen molar-refractivity contribution in [3.05, 3.63) is 76.1 Å². The fourth-order valence-electron chi connectivity index (χ4n) is 3.45. The Morgan fingerprint density at radius 1 is 0.828 bits per heavy atom. The highest BCUT2D eigenvalue weighted by atomic mass is 35.5. The first kappa shape index (κ1) is 19.6. The average Bonchev–Trinajstić information content (AvgIpc) is 3.03. The van der Waals surface area contributed by atoms with Crippen molar-refractivity contribution in [2.45, 2.75) is 37.5 Å². The van der Waals surface area contributed by atoms with Crippen LogP contribution < -0.4 is 0 Å². The van der Waals surface area contributed by atoms with Crippen LogP contribution in [0.2, 0.25) is 5.02 Å². The summed E-state index contributed by atoms with van der Waals surface area (Å²) in [4.78, 5) is 5.12. The van der Waals surface area contributed by atoms with Gasteiger partial charge in [-0.15, -0.1) is 0 Å². The molecule has 148 valence electrons. The Labute approximate surface area is 174 Å². The molecular formula is C22H20ClN3O2S. The quantitative estimate of drug-likeness (QED) is 0.455. The van der Waals surface area contributed by atoms with Crippen molar-refractivity contribution < 1.29 is 8.42 Å². The van der Waals surface area contributed by atoms with Crippen LogP contribution in [0.5, 0.6) is 0 Å². The number of aromatic nitrogens is 3. The standard InChI is InChI=1S/C22H20ClN3O2S/c1-13-5-9-18(10-6-13)29(27,28)19-11-7-17(8-12-19)26-22-20(15(3)25-26)14(2)21(23)16(4)24-22/h5-12H,1-4H3. The number of pyridine rings is 1. The Morgan fingerprint density at radius 3 is 1.97 bits per heavy atom. The van der Waals surface area contributed by atoms with E-state index in [1.165, 1.54) is 0 Å². The van der Waals surface area contributed by atoms with Gasteiger partial charge in [0.25, 0.3) is 0 Å². The second kappa shape index (κ2) is 6.97. The molecule has 0 fully saturated rings. The number of rotatable bonds is 3. The Hall–Kier alpha value is -2.70. The third-order valence-corrected chi connectivity index (χ3v) is 7.40. The number of hydrogen-bond donors (Lipinski definition) is 0. The van der Waals surface area contributed by atoms with Gasteiger partial charge in [0.15, 0.2) is 5.65 Å². The Bertz CT molecular complexity index is 1340. The molecule has 5 nitrogen and oxygen atoms in total. The Balaban J connectivity index is 1.80. The molecule has 7 heteroatoms. The Kier molecular flexibility index (Phi) is 4.71. The first-order valence-electron chi connectivity index (χ1n) is 9.14. The van der Waals surface area contributed by atoms with Crippen LogP contribution in [-0.4, -0.2) is 23.2 Å². The zero-order valence-corrected chi connectivity index (χ0v) is 18.1. The second-order valence-corrected chi connectivity index (χ2v) is 9.47. The molecule has 2 aromatic heterocycles. The molecule has 4 aromatic rings. The average molecular weight is 426 g/mol. The molecule has 0 radical (unpaired) electrons. The molecule has 0 aliphatic heterocycles. The first-order valence-corrected chi connectivity index (χ1v) is 11.0. The molecule has 0 atom stereocenters. The van der Waals surface area contributed by atoms with Crippen molar-refractivity contribution >= 4 is 32.5 Å². The summed E-state index contributed by atoms with van der Waals surface area (Å²) in [5, 5.41) is 6.16. The van der Waals surface area contributed by atoms with Gasteiger partial charge in [-0.3, -0.25) is 0 Å². The molecule has 0 unspecified atom stereocenters. The van der Waals surface area contributed by atoms with Crippen molar-refractivity contribution in [3.8, 4) is 5.69 Å². The van der Waals surface area contributed by atoms with Crippen molar-refractivity contribution in [1.29, 1.82) is 0 Å². The van der Waals surface area contributed by atoms with E-state index in [9.17, 15) is 8.42 Å². The lowest BCUT2D eigenvalue weighted by Gasteiger charge is -2.08. The van der Waals surface area contributed by atoms with Gasteiger partial charge in [-0.2, -0.15) is 5.10 Å². The number of fused-ring (bicyclic) bond motifs is 1. The molecule has 0 spiro atoms. The van der Waals surface area contributed by atoms with Gasteiger partial charge in [-0.25, -0.2) is 18.1 Å². The lowest BCUT2D eigenvalue weighted by Crippen LogP contribution is -2.04. The van der Waals surface area contributed by atoms with Crippen LogP contribution in [0.4, 0.5) is 0 Å². The third kappa shape index (κ3) is 3.22. The highest BCUT2D eigenvalue weighted by Gasteiger charge is 2.19. The molecule has 2 aromatic carbocycles. The number of halogens is 1. The van der Waals surface area contributed by atoms with E-state index in [0.717, 1.165) is 33.6 Å². The van der Waals surface area contributed by atoms with Gasteiger partial charge in [0.1, 0.15) is 0 Å². The number of benzene rings is 2. The number of nitrogens with zero attached hydrogens (tertiary/aromatic N) is 3. The van der Waals surface area contributed by atoms with Crippen molar-refractivity contribution in [3.63, 3.8) is 0 Å². The lowest BCUT2D eigenvalue weighted by molar-refractivity contribution is 0.596. The summed E-state index contributed by atoms with van der Waals surface area (Å²) in [5.74, 6) is 0. The number of aryl methyl sites for hydroxylation is 4. The van der Waals surface area contributed by atoms with E-state index in [1.54, 1.807) is 53.2 Å². The van der Waals surface area contributed by atoms with Gasteiger partial charge in [0.2, 0.25) is 9.84 Å². The second-order valence-electron chi connectivity index (χ2n) is 7.14. The first-order chi connectivity index (χ1) is 13.7. The molecule has 2 heterocycles. The van der Waals surface area contributed by atoms with Crippen LogP contribution in [0.25, 0.3) is 16.7 Å². The fourth-order valence-corrected chi connectivity index (χ4v) is 4.84. The van der Waals surface area contributed by atoms with Crippen LogP contribution in [-0.2, 0) is 9.84 Å². The van der Waals surface area contributed by atoms with Crippen LogP contribution in [0.15, 0.2) is 58.3 Å². The molecule has 4 rings (SSSR count). The summed E-state index contributed by atoms with van der Waals surface area (Å²) in [7, 11) is -3.57. The van der Waals surface area contributed by atoms with Crippen molar-refractivity contribution in [1.82, 2.24) is 14.8 Å². The SMILES string of the molecule is Cc1ccc(S(=O)(=O)c2ccc(-n3nc(C)c4c(C)c(Cl)c(C)nc43)cc2)cc1. The van der Waals surface area contributed by atoms with Crippen LogP contribution in [0, 0.1) is 27.7 Å². The van der Waals surface area contributed by atoms with E-state index in [4.69, 9.17) is 11.6 Å². The van der Waals surface area contributed by atoms with Gasteiger partial charge < -0.3 is 0 Å². The molecule has 0 bridgehead atoms. The van der Waals surface area contributed by atoms with Crippen LogP contribution >= 0.6 is 11.6 Å². The maximum absolute atomic E-state index is 12.9. The summed E-state index contributed by atoms with van der Waals surface area (Å²) in [6, 6.07) is 13.5. The van der Waals surface area contributed by atoms with Gasteiger partial charge in [0, 0.05) is 5.39 Å². The lowest BCUT2D eigenvalue weighted by atomic mass is 10.1. The summed E-state index contributed by atoms with van der Waals surface area (Å²) in [6.45, 7) is 7.65. The highest BCUT2D eigenvalue weighted by molar-refractivity contribution is 7.91. The molecule has 0 aliphatic carbocycles. The summed E-state index contributed by atoms with van der Waals surface area (Å²) in [6.07, 6.45) is 0. The van der Waals surface area contributed by atoms with Crippen molar-refractivity contribution in [2.24, 2.45) is 0 Å². The Morgan fingerprint density at radius 2 is 1.38 bits per heavy atom. The highest BCUT2D eigenvalue weighted by Crippen LogP contribution is 2.30. The van der Waals surface area contributed by atoms with Gasteiger partial charge >= 0.3 is 0 Å². The smallest absolute Gasteiger partial charge is 0.206 e. The van der Waals surface area contributed by atoms with Gasteiger partial charge in [-0.05, 0) is 69.7 Å². The summed E-state index contributed by atoms with van der Waals surface area (Å²) >= 11 is 6.36. The van der Waals surface area contributed by atoms with E-state index < -0.39 is 9.84 Å². The predicted molar refractivity (Wildman–Crippen MR) is 115 cm³/mol. The largest absolute Gasteiger partial charge is 0.232 e. The predicted octanol–water partition coefficient (Wildman–Crippen LogP) is 5.14. The number of sulfone groups is 1. The maximum atomic E-state index is 12.9. The van der Waals surface area contributed by atoms with Crippen LogP contribution in [0.1, 0.15) is 22.5 Å². The van der Waals surface area contributed by atoms with E-state index in [1.807, 2.05) is 27.7 Å². The summed E-state index contributed by atoms with van der Waals surface area (Å²) < 4.78 is 27.5. The minimum Gasteiger partial charge on any atom is -0.232 e. The normalized spacial score (nSPS) is 11.9.